The average Bonchev–Trinajstić information content (AvgIpc) is 2.15. The van der Waals surface area contributed by atoms with Gasteiger partial charge in [-0.15, -0.1) is 23.2 Å². The molecule has 1 heterocycles. The Balaban J connectivity index is 2.61. The molecular weight excluding hydrogens is 227 g/mol. The van der Waals surface area contributed by atoms with E-state index < -0.39 is 4.84 Å². The summed E-state index contributed by atoms with van der Waals surface area (Å²) in [6, 6.07) is 2.69. The Morgan fingerprint density at radius 1 is 1.50 bits per heavy atom. The molecule has 1 amide bonds. The number of halogens is 2. The van der Waals surface area contributed by atoms with Crippen molar-refractivity contribution in [3.05, 3.63) is 34.2 Å². The van der Waals surface area contributed by atoms with Crippen LogP contribution in [0, 0.1) is 0 Å². The molecule has 2 N–H and O–H groups in total. The van der Waals surface area contributed by atoms with Crippen LogP contribution in [-0.4, -0.2) is 22.3 Å². The van der Waals surface area contributed by atoms with Crippen LogP contribution in [0.5, 0.6) is 0 Å². The molecule has 0 spiro atoms. The van der Waals surface area contributed by atoms with E-state index in [0.29, 0.717) is 5.56 Å². The van der Waals surface area contributed by atoms with E-state index in [0.717, 1.165) is 0 Å². The minimum absolute atomic E-state index is 0.168. The van der Waals surface area contributed by atoms with E-state index in [2.05, 4.69) is 10.3 Å². The highest BCUT2D eigenvalue weighted by Crippen LogP contribution is 1.99. The van der Waals surface area contributed by atoms with Crippen LogP contribution in [0.15, 0.2) is 23.1 Å². The zero-order valence-electron chi connectivity index (χ0n) is 7.09. The fourth-order valence-corrected chi connectivity index (χ4v) is 0.978. The minimum Gasteiger partial charge on any atom is -0.349 e. The molecule has 0 radical (unpaired) electrons. The molecule has 0 aromatic carbocycles. The first-order chi connectivity index (χ1) is 6.59. The van der Waals surface area contributed by atoms with Crippen LogP contribution >= 0.6 is 23.2 Å². The highest BCUT2D eigenvalue weighted by Gasteiger charge is 2.06. The summed E-state index contributed by atoms with van der Waals surface area (Å²) in [5, 5.41) is 2.49. The van der Waals surface area contributed by atoms with E-state index >= 15 is 0 Å². The summed E-state index contributed by atoms with van der Waals surface area (Å²) in [6.07, 6.45) is 1.33. The quantitative estimate of drug-likeness (QED) is 0.765. The van der Waals surface area contributed by atoms with Crippen LogP contribution in [0.3, 0.4) is 0 Å². The standard InChI is InChI=1S/C8H8Cl2N2O2/c9-6(10)4-12-8(14)5-1-2-7(13)11-3-5/h1-3,6H,4H2,(H,11,13)(H,12,14). The van der Waals surface area contributed by atoms with E-state index in [1.54, 1.807) is 0 Å². The number of alkyl halides is 2. The van der Waals surface area contributed by atoms with E-state index in [-0.39, 0.29) is 18.0 Å². The molecule has 0 aliphatic carbocycles. The van der Waals surface area contributed by atoms with E-state index in [4.69, 9.17) is 23.2 Å². The summed E-state index contributed by atoms with van der Waals surface area (Å²) in [5.41, 5.74) is 0.104. The van der Waals surface area contributed by atoms with Crippen molar-refractivity contribution in [3.63, 3.8) is 0 Å². The van der Waals surface area contributed by atoms with Gasteiger partial charge in [0.2, 0.25) is 5.56 Å². The fourth-order valence-electron chi connectivity index (χ4n) is 0.824. The summed E-state index contributed by atoms with van der Waals surface area (Å²) in [7, 11) is 0. The maximum Gasteiger partial charge on any atom is 0.252 e. The molecule has 0 saturated carbocycles. The van der Waals surface area contributed by atoms with Crippen LogP contribution in [0.4, 0.5) is 0 Å². The van der Waals surface area contributed by atoms with Crippen LogP contribution < -0.4 is 10.9 Å². The van der Waals surface area contributed by atoms with Gasteiger partial charge in [-0.2, -0.15) is 0 Å². The van der Waals surface area contributed by atoms with Gasteiger partial charge in [-0.1, -0.05) is 0 Å². The summed E-state index contributed by atoms with van der Waals surface area (Å²) < 4.78 is 0. The topological polar surface area (TPSA) is 62.0 Å². The number of H-pyrrole nitrogens is 1. The number of rotatable bonds is 3. The van der Waals surface area contributed by atoms with Crippen molar-refractivity contribution in [1.29, 1.82) is 0 Å². The summed E-state index contributed by atoms with van der Waals surface area (Å²) in [4.78, 5) is 23.7. The molecule has 76 valence electrons. The maximum absolute atomic E-state index is 11.3. The van der Waals surface area contributed by atoms with Gasteiger partial charge in [0.25, 0.3) is 5.91 Å². The Hall–Kier alpha value is -1.00. The number of hydrogen-bond donors (Lipinski definition) is 2. The molecule has 4 nitrogen and oxygen atoms in total. The lowest BCUT2D eigenvalue weighted by Gasteiger charge is -2.04. The van der Waals surface area contributed by atoms with Crippen molar-refractivity contribution in [2.45, 2.75) is 4.84 Å². The largest absolute Gasteiger partial charge is 0.349 e. The number of carbonyl (C=O) groups is 1. The van der Waals surface area contributed by atoms with Crippen molar-refractivity contribution < 1.29 is 4.79 Å². The molecule has 0 fully saturated rings. The third-order valence-corrected chi connectivity index (χ3v) is 1.77. The molecule has 1 aromatic heterocycles. The smallest absolute Gasteiger partial charge is 0.252 e. The third-order valence-electron chi connectivity index (χ3n) is 1.46. The van der Waals surface area contributed by atoms with Crippen LogP contribution in [0.2, 0.25) is 0 Å². The number of pyridine rings is 1. The summed E-state index contributed by atoms with van der Waals surface area (Å²) in [5.74, 6) is -0.326. The molecule has 0 bridgehead atoms. The predicted octanol–water partition coefficient (Wildman–Crippen LogP) is 0.908. The van der Waals surface area contributed by atoms with Gasteiger partial charge < -0.3 is 10.3 Å². The Morgan fingerprint density at radius 3 is 2.71 bits per heavy atom. The lowest BCUT2D eigenvalue weighted by molar-refractivity contribution is 0.0955. The molecule has 1 rings (SSSR count). The number of aromatic nitrogens is 1. The van der Waals surface area contributed by atoms with Crippen LogP contribution in [-0.2, 0) is 0 Å². The zero-order chi connectivity index (χ0) is 10.6. The molecule has 0 atom stereocenters. The molecule has 0 saturated heterocycles. The first-order valence-corrected chi connectivity index (χ1v) is 4.72. The highest BCUT2D eigenvalue weighted by molar-refractivity contribution is 6.44. The van der Waals surface area contributed by atoms with Crippen molar-refractivity contribution in [2.75, 3.05) is 6.54 Å². The SMILES string of the molecule is O=C(NCC(Cl)Cl)c1ccc(=O)[nH]c1. The zero-order valence-corrected chi connectivity index (χ0v) is 8.60. The van der Waals surface area contributed by atoms with Crippen LogP contribution in [0.1, 0.15) is 10.4 Å². The second kappa shape index (κ2) is 5.02. The maximum atomic E-state index is 11.3. The summed E-state index contributed by atoms with van der Waals surface area (Å²) >= 11 is 10.9. The molecule has 0 unspecified atom stereocenters. The van der Waals surface area contributed by atoms with E-state index in [1.165, 1.54) is 18.3 Å². The minimum atomic E-state index is -0.637. The predicted molar refractivity (Wildman–Crippen MR) is 54.9 cm³/mol. The number of amides is 1. The van der Waals surface area contributed by atoms with Gasteiger partial charge in [-0.25, -0.2) is 0 Å². The molecular formula is C8H8Cl2N2O2. The molecule has 6 heteroatoms. The summed E-state index contributed by atoms with van der Waals surface area (Å²) in [6.45, 7) is 0.168. The number of hydrogen-bond acceptors (Lipinski definition) is 2. The van der Waals surface area contributed by atoms with Gasteiger partial charge >= 0.3 is 0 Å². The van der Waals surface area contributed by atoms with E-state index in [1.807, 2.05) is 0 Å². The first-order valence-electron chi connectivity index (χ1n) is 3.84. The Bertz CT molecular complexity index is 355. The van der Waals surface area contributed by atoms with Gasteiger partial charge in [-0.05, 0) is 6.07 Å². The van der Waals surface area contributed by atoms with Gasteiger partial charge in [0.15, 0.2) is 0 Å². The lowest BCUT2D eigenvalue weighted by Crippen LogP contribution is -2.28. The Labute approximate surface area is 90.2 Å². The molecule has 0 aliphatic heterocycles. The fraction of sp³-hybridized carbons (Fsp3) is 0.250. The first kappa shape index (κ1) is 11.1. The van der Waals surface area contributed by atoms with Gasteiger partial charge in [0.1, 0.15) is 4.84 Å². The molecule has 0 aliphatic rings. The lowest BCUT2D eigenvalue weighted by atomic mass is 10.3. The number of aromatic amines is 1. The van der Waals surface area contributed by atoms with Gasteiger partial charge in [0.05, 0.1) is 5.56 Å². The Kier molecular flexibility index (Phi) is 3.98. The average molecular weight is 235 g/mol. The van der Waals surface area contributed by atoms with Gasteiger partial charge in [-0.3, -0.25) is 9.59 Å². The van der Waals surface area contributed by atoms with Crippen molar-refractivity contribution >= 4 is 29.1 Å². The monoisotopic (exact) mass is 234 g/mol. The highest BCUT2D eigenvalue weighted by atomic mass is 35.5. The number of carbonyl (C=O) groups excluding carboxylic acids is 1. The van der Waals surface area contributed by atoms with Crippen molar-refractivity contribution in [1.82, 2.24) is 10.3 Å². The van der Waals surface area contributed by atoms with E-state index in [9.17, 15) is 9.59 Å². The van der Waals surface area contributed by atoms with Gasteiger partial charge in [0, 0.05) is 18.8 Å². The Morgan fingerprint density at radius 2 is 2.21 bits per heavy atom. The normalized spacial score (nSPS) is 10.2. The third kappa shape index (κ3) is 3.40. The van der Waals surface area contributed by atoms with Crippen LogP contribution in [0.25, 0.3) is 0 Å². The van der Waals surface area contributed by atoms with Crippen molar-refractivity contribution in [2.24, 2.45) is 0 Å². The number of nitrogens with one attached hydrogen (secondary N) is 2. The van der Waals surface area contributed by atoms with Crippen molar-refractivity contribution in [3.8, 4) is 0 Å². The second-order valence-electron chi connectivity index (χ2n) is 2.54. The molecule has 1 aromatic rings. The molecule has 14 heavy (non-hydrogen) atoms. The second-order valence-corrected chi connectivity index (χ2v) is 3.82.